The molecule has 2 aliphatic rings. The molecule has 3 heterocycles. The fraction of sp³-hybridized carbons (Fsp3) is 0.364. The summed E-state index contributed by atoms with van der Waals surface area (Å²) in [5.41, 5.74) is 2.30. The lowest BCUT2D eigenvalue weighted by molar-refractivity contribution is 0.0695. The molecule has 0 saturated heterocycles. The second kappa shape index (κ2) is 6.71. The van der Waals surface area contributed by atoms with Crippen molar-refractivity contribution >= 4 is 28.2 Å². The maximum absolute atomic E-state index is 12.8. The number of carbonyl (C=O) groups is 1. The van der Waals surface area contributed by atoms with Gasteiger partial charge >= 0.3 is 5.97 Å². The first-order chi connectivity index (χ1) is 14.0. The molecule has 5 rings (SSSR count). The molecule has 6 nitrogen and oxygen atoms in total. The summed E-state index contributed by atoms with van der Waals surface area (Å²) in [7, 11) is 1.61. The highest BCUT2D eigenvalue weighted by molar-refractivity contribution is 7.15. The van der Waals surface area contributed by atoms with Gasteiger partial charge in [-0.3, -0.25) is 4.79 Å². The van der Waals surface area contributed by atoms with Crippen LogP contribution in [0.25, 0.3) is 21.3 Å². The Morgan fingerprint density at radius 3 is 2.83 bits per heavy atom. The van der Waals surface area contributed by atoms with Crippen LogP contribution in [0.5, 0.6) is 5.75 Å². The predicted octanol–water partition coefficient (Wildman–Crippen LogP) is 3.81. The number of hydrogen-bond donors (Lipinski definition) is 2. The predicted molar refractivity (Wildman–Crippen MR) is 113 cm³/mol. The van der Waals surface area contributed by atoms with Crippen molar-refractivity contribution in [2.45, 2.75) is 44.8 Å². The van der Waals surface area contributed by atoms with E-state index in [-0.39, 0.29) is 11.6 Å². The van der Waals surface area contributed by atoms with Gasteiger partial charge < -0.3 is 19.7 Å². The van der Waals surface area contributed by atoms with Crippen molar-refractivity contribution in [3.63, 3.8) is 0 Å². The summed E-state index contributed by atoms with van der Waals surface area (Å²) in [4.78, 5) is 26.9. The first kappa shape index (κ1) is 18.4. The maximum atomic E-state index is 12.8. The first-order valence-electron chi connectivity index (χ1n) is 9.82. The standard InChI is InChI=1S/C22H22N2O4S/c1-11-7-17-12(9-23-11)8-18(29-17)14-5-6-15-19(21(14)28-2)24(13-3-4-13)10-16(20(15)25)22(26)27/h5-6,8,10-11,13,23H,3-4,7,9H2,1-2H3,(H,26,27). The van der Waals surface area contributed by atoms with E-state index in [0.717, 1.165) is 36.2 Å². The van der Waals surface area contributed by atoms with Crippen LogP contribution in [0.2, 0.25) is 0 Å². The van der Waals surface area contributed by atoms with E-state index in [4.69, 9.17) is 4.74 Å². The van der Waals surface area contributed by atoms with E-state index in [1.165, 1.54) is 16.6 Å². The number of hydrogen-bond acceptors (Lipinski definition) is 5. The number of carboxylic acids is 1. The van der Waals surface area contributed by atoms with Gasteiger partial charge in [-0.2, -0.15) is 0 Å². The molecule has 1 aromatic carbocycles. The Hall–Kier alpha value is -2.64. The average molecular weight is 410 g/mol. The summed E-state index contributed by atoms with van der Waals surface area (Å²) in [6.07, 6.45) is 4.44. The van der Waals surface area contributed by atoms with Crippen LogP contribution in [0.15, 0.2) is 29.2 Å². The Balaban J connectivity index is 1.77. The van der Waals surface area contributed by atoms with Crippen LogP contribution in [0.3, 0.4) is 0 Å². The molecule has 1 saturated carbocycles. The maximum Gasteiger partial charge on any atom is 0.341 e. The van der Waals surface area contributed by atoms with Crippen molar-refractivity contribution in [2.24, 2.45) is 0 Å². The van der Waals surface area contributed by atoms with Gasteiger partial charge in [0.05, 0.1) is 18.0 Å². The largest absolute Gasteiger partial charge is 0.494 e. The molecular weight excluding hydrogens is 388 g/mol. The number of ether oxygens (including phenoxy) is 1. The Bertz CT molecular complexity index is 1210. The third-order valence-electron chi connectivity index (χ3n) is 5.82. The molecule has 0 spiro atoms. The molecule has 0 amide bonds. The second-order valence-electron chi connectivity index (χ2n) is 7.90. The van der Waals surface area contributed by atoms with E-state index >= 15 is 0 Å². The lowest BCUT2D eigenvalue weighted by Gasteiger charge is -2.19. The van der Waals surface area contributed by atoms with Crippen LogP contribution >= 0.6 is 11.3 Å². The van der Waals surface area contributed by atoms with Crippen LogP contribution < -0.4 is 15.5 Å². The number of fused-ring (bicyclic) bond motifs is 2. The molecule has 1 aliphatic carbocycles. The summed E-state index contributed by atoms with van der Waals surface area (Å²) in [5.74, 6) is -0.551. The summed E-state index contributed by atoms with van der Waals surface area (Å²) >= 11 is 1.77. The van der Waals surface area contributed by atoms with Gasteiger partial charge in [-0.05, 0) is 49.9 Å². The number of aromatic nitrogens is 1. The SMILES string of the molecule is COc1c(-c2cc3c(s2)CC(C)NC3)ccc2c(=O)c(C(=O)O)cn(C3CC3)c12. The summed E-state index contributed by atoms with van der Waals surface area (Å²) in [5, 5.41) is 13.4. The highest BCUT2D eigenvalue weighted by atomic mass is 32.1. The van der Waals surface area contributed by atoms with Gasteiger partial charge in [-0.15, -0.1) is 11.3 Å². The zero-order valence-corrected chi connectivity index (χ0v) is 17.1. The van der Waals surface area contributed by atoms with Crippen LogP contribution in [0.4, 0.5) is 0 Å². The van der Waals surface area contributed by atoms with Crippen molar-refractivity contribution in [3.05, 3.63) is 50.6 Å². The molecule has 0 radical (unpaired) electrons. The highest BCUT2D eigenvalue weighted by Crippen LogP contribution is 2.44. The van der Waals surface area contributed by atoms with Gasteiger partial charge in [-0.25, -0.2) is 4.79 Å². The fourth-order valence-corrected chi connectivity index (χ4v) is 5.50. The van der Waals surface area contributed by atoms with Gasteiger partial charge in [0.25, 0.3) is 0 Å². The summed E-state index contributed by atoms with van der Waals surface area (Å²) in [6.45, 7) is 3.05. The average Bonchev–Trinajstić information content (AvgIpc) is 3.46. The third-order valence-corrected chi connectivity index (χ3v) is 7.05. The number of nitrogens with one attached hydrogen (secondary N) is 1. The quantitative estimate of drug-likeness (QED) is 0.684. The molecule has 0 bridgehead atoms. The van der Waals surface area contributed by atoms with Gasteiger partial charge in [-0.1, -0.05) is 0 Å². The lowest BCUT2D eigenvalue weighted by Crippen LogP contribution is -2.31. The fourth-order valence-electron chi connectivity index (χ4n) is 4.17. The monoisotopic (exact) mass is 410 g/mol. The Labute approximate surface area is 171 Å². The van der Waals surface area contributed by atoms with Crippen LogP contribution in [-0.2, 0) is 13.0 Å². The van der Waals surface area contributed by atoms with E-state index in [0.29, 0.717) is 22.7 Å². The van der Waals surface area contributed by atoms with Crippen LogP contribution in [0.1, 0.15) is 46.6 Å². The van der Waals surface area contributed by atoms with Crippen LogP contribution in [-0.4, -0.2) is 28.8 Å². The second-order valence-corrected chi connectivity index (χ2v) is 9.04. The molecule has 1 atom stereocenters. The molecule has 1 fully saturated rings. The Morgan fingerprint density at radius 1 is 1.34 bits per heavy atom. The number of nitrogens with zero attached hydrogens (tertiary/aromatic N) is 1. The van der Waals surface area contributed by atoms with E-state index in [2.05, 4.69) is 18.3 Å². The highest BCUT2D eigenvalue weighted by Gasteiger charge is 2.29. The molecule has 2 N–H and O–H groups in total. The molecule has 150 valence electrons. The normalized spacial score (nSPS) is 18.6. The third kappa shape index (κ3) is 2.96. The molecule has 1 unspecified atom stereocenters. The van der Waals surface area contributed by atoms with Crippen molar-refractivity contribution in [1.29, 1.82) is 0 Å². The van der Waals surface area contributed by atoms with E-state index in [1.807, 2.05) is 10.6 Å². The lowest BCUT2D eigenvalue weighted by atomic mass is 10.0. The van der Waals surface area contributed by atoms with E-state index < -0.39 is 11.4 Å². The summed E-state index contributed by atoms with van der Waals surface area (Å²) in [6, 6.07) is 6.51. The number of carboxylic acid groups (broad SMARTS) is 1. The minimum Gasteiger partial charge on any atom is -0.494 e. The topological polar surface area (TPSA) is 80.6 Å². The number of benzene rings is 1. The van der Waals surface area contributed by atoms with E-state index in [1.54, 1.807) is 24.5 Å². The molecule has 29 heavy (non-hydrogen) atoms. The molecular formula is C22H22N2O4S. The number of aromatic carboxylic acids is 1. The van der Waals surface area contributed by atoms with E-state index in [9.17, 15) is 14.7 Å². The van der Waals surface area contributed by atoms with Gasteiger partial charge in [0, 0.05) is 40.1 Å². The molecule has 1 aliphatic heterocycles. The number of rotatable bonds is 4. The summed E-state index contributed by atoms with van der Waals surface area (Å²) < 4.78 is 7.75. The zero-order valence-electron chi connectivity index (χ0n) is 16.3. The van der Waals surface area contributed by atoms with Crippen molar-refractivity contribution < 1.29 is 14.6 Å². The van der Waals surface area contributed by atoms with Crippen molar-refractivity contribution in [3.8, 4) is 16.2 Å². The molecule has 2 aromatic heterocycles. The molecule has 3 aromatic rings. The number of methoxy groups -OCH3 is 1. The van der Waals surface area contributed by atoms with Gasteiger partial charge in [0.2, 0.25) is 5.43 Å². The number of pyridine rings is 1. The number of thiophene rings is 1. The Kier molecular flexibility index (Phi) is 4.26. The smallest absolute Gasteiger partial charge is 0.341 e. The van der Waals surface area contributed by atoms with Gasteiger partial charge in [0.1, 0.15) is 5.56 Å². The minimum absolute atomic E-state index is 0.189. The molecule has 7 heteroatoms. The van der Waals surface area contributed by atoms with Crippen molar-refractivity contribution in [1.82, 2.24) is 9.88 Å². The Morgan fingerprint density at radius 2 is 2.14 bits per heavy atom. The van der Waals surface area contributed by atoms with Crippen LogP contribution in [0, 0.1) is 0 Å². The van der Waals surface area contributed by atoms with Gasteiger partial charge in [0.15, 0.2) is 5.75 Å². The minimum atomic E-state index is -1.19. The van der Waals surface area contributed by atoms with Crippen molar-refractivity contribution in [2.75, 3.05) is 7.11 Å². The first-order valence-corrected chi connectivity index (χ1v) is 10.6. The zero-order chi connectivity index (χ0) is 20.3.